The summed E-state index contributed by atoms with van der Waals surface area (Å²) < 4.78 is 38.4. The van der Waals surface area contributed by atoms with Crippen molar-refractivity contribution in [3.8, 4) is 0 Å². The van der Waals surface area contributed by atoms with Crippen molar-refractivity contribution in [1.82, 2.24) is 15.5 Å². The summed E-state index contributed by atoms with van der Waals surface area (Å²) in [5.41, 5.74) is 2.22. The van der Waals surface area contributed by atoms with E-state index in [0.717, 1.165) is 61.1 Å². The summed E-state index contributed by atoms with van der Waals surface area (Å²) >= 11 is 0. The number of hydrogen-bond donors (Lipinski definition) is 2. The highest BCUT2D eigenvalue weighted by Crippen LogP contribution is 2.38. The van der Waals surface area contributed by atoms with Crippen LogP contribution in [0.5, 0.6) is 0 Å². The van der Waals surface area contributed by atoms with Crippen LogP contribution in [-0.4, -0.2) is 22.1 Å². The van der Waals surface area contributed by atoms with E-state index in [1.165, 1.54) is 0 Å². The lowest BCUT2D eigenvalue weighted by atomic mass is 9.80. The number of H-pyrrole nitrogens is 1. The summed E-state index contributed by atoms with van der Waals surface area (Å²) in [5, 5.41) is 10.3. The quantitative estimate of drug-likeness (QED) is 0.807. The Labute approximate surface area is 161 Å². The topological polar surface area (TPSA) is 57.8 Å². The predicted octanol–water partition coefficient (Wildman–Crippen LogP) is 4.55. The zero-order chi connectivity index (χ0) is 19.9. The highest BCUT2D eigenvalue weighted by Gasteiger charge is 2.36. The number of nitrogens with one attached hydrogen (secondary N) is 2. The Morgan fingerprint density at radius 1 is 1.21 bits per heavy atom. The molecule has 1 heterocycles. The fourth-order valence-corrected chi connectivity index (χ4v) is 4.74. The number of hydrogen-bond acceptors (Lipinski definition) is 2. The molecule has 1 aromatic heterocycles. The lowest BCUT2D eigenvalue weighted by Crippen LogP contribution is -2.41. The largest absolute Gasteiger partial charge is 0.416 e. The zero-order valence-electron chi connectivity index (χ0n) is 15.7. The van der Waals surface area contributed by atoms with Crippen molar-refractivity contribution in [1.29, 1.82) is 0 Å². The highest BCUT2D eigenvalue weighted by atomic mass is 19.4. The van der Waals surface area contributed by atoms with Crippen LogP contribution in [-0.2, 0) is 17.4 Å². The number of alkyl halides is 3. The Morgan fingerprint density at radius 2 is 1.96 bits per heavy atom. The van der Waals surface area contributed by atoms with Crippen LogP contribution in [0.2, 0.25) is 0 Å². The SMILES string of the molecule is CC1Cc2cn[nH]c2C(C(=O)N[C@@H]2CCC[C@H]2c2ccc(C(F)(F)F)cc2)C1. The number of aromatic amines is 1. The molecule has 1 saturated carbocycles. The number of halogens is 3. The van der Waals surface area contributed by atoms with Gasteiger partial charge < -0.3 is 5.32 Å². The van der Waals surface area contributed by atoms with E-state index in [9.17, 15) is 18.0 Å². The van der Waals surface area contributed by atoms with Gasteiger partial charge in [0.05, 0.1) is 23.4 Å². The molecule has 150 valence electrons. The third-order valence-corrected chi connectivity index (χ3v) is 6.13. The van der Waals surface area contributed by atoms with Crippen LogP contribution in [0.3, 0.4) is 0 Å². The maximum Gasteiger partial charge on any atom is 0.416 e. The van der Waals surface area contributed by atoms with E-state index < -0.39 is 11.7 Å². The van der Waals surface area contributed by atoms with Crippen LogP contribution in [0.4, 0.5) is 13.2 Å². The summed E-state index contributed by atoms with van der Waals surface area (Å²) in [6, 6.07) is 5.31. The number of benzene rings is 1. The molecule has 2 aromatic rings. The molecule has 1 amide bonds. The Hall–Kier alpha value is -2.31. The van der Waals surface area contributed by atoms with Gasteiger partial charge >= 0.3 is 6.18 Å². The van der Waals surface area contributed by atoms with Crippen molar-refractivity contribution >= 4 is 5.91 Å². The molecule has 4 nitrogen and oxygen atoms in total. The molecule has 2 unspecified atom stereocenters. The molecular formula is C21H24F3N3O. The Morgan fingerprint density at radius 3 is 2.68 bits per heavy atom. The van der Waals surface area contributed by atoms with Crippen molar-refractivity contribution < 1.29 is 18.0 Å². The van der Waals surface area contributed by atoms with Gasteiger partial charge in [-0.2, -0.15) is 18.3 Å². The van der Waals surface area contributed by atoms with Crippen molar-refractivity contribution in [2.24, 2.45) is 5.92 Å². The molecule has 1 aromatic carbocycles. The first kappa shape index (κ1) is 19.0. The van der Waals surface area contributed by atoms with Gasteiger partial charge in [-0.1, -0.05) is 25.5 Å². The molecule has 0 aliphatic heterocycles. The minimum atomic E-state index is -4.33. The van der Waals surface area contributed by atoms with Crippen molar-refractivity contribution in [2.75, 3.05) is 0 Å². The molecule has 1 fully saturated rings. The highest BCUT2D eigenvalue weighted by molar-refractivity contribution is 5.84. The summed E-state index contributed by atoms with van der Waals surface area (Å²) in [6.07, 6.45) is 1.83. The zero-order valence-corrected chi connectivity index (χ0v) is 15.7. The molecular weight excluding hydrogens is 367 g/mol. The molecule has 28 heavy (non-hydrogen) atoms. The standard InChI is InChI=1S/C21H24F3N3O/c1-12-9-14-11-25-27-19(14)17(10-12)20(28)26-18-4-2-3-16(18)13-5-7-15(8-6-13)21(22,23)24/h5-8,11-12,16-18H,2-4,9-10H2,1H3,(H,25,27)(H,26,28)/t12?,16-,17?,18+/m0/s1. The van der Waals surface area contributed by atoms with Crippen molar-refractivity contribution in [3.63, 3.8) is 0 Å². The number of aromatic nitrogens is 2. The molecule has 0 spiro atoms. The van der Waals surface area contributed by atoms with Crippen molar-refractivity contribution in [2.45, 2.75) is 63.1 Å². The van der Waals surface area contributed by atoms with Crippen LogP contribution in [0.25, 0.3) is 0 Å². The van der Waals surface area contributed by atoms with Gasteiger partial charge in [0.15, 0.2) is 0 Å². The van der Waals surface area contributed by atoms with Crippen LogP contribution in [0.15, 0.2) is 30.5 Å². The maximum absolute atomic E-state index is 13.0. The van der Waals surface area contributed by atoms with Gasteiger partial charge in [-0.25, -0.2) is 0 Å². The van der Waals surface area contributed by atoms with Crippen LogP contribution in [0.1, 0.15) is 66.8 Å². The van der Waals surface area contributed by atoms with Crippen LogP contribution in [0, 0.1) is 5.92 Å². The minimum Gasteiger partial charge on any atom is -0.352 e. The Kier molecular flexibility index (Phi) is 4.93. The Balaban J connectivity index is 1.48. The molecule has 0 saturated heterocycles. The van der Waals surface area contributed by atoms with E-state index in [-0.39, 0.29) is 23.8 Å². The van der Waals surface area contributed by atoms with E-state index in [0.29, 0.717) is 5.92 Å². The summed E-state index contributed by atoms with van der Waals surface area (Å²) in [5.74, 6) is 0.208. The Bertz CT molecular complexity index is 843. The maximum atomic E-state index is 13.0. The molecule has 0 bridgehead atoms. The minimum absolute atomic E-state index is 0.0131. The molecule has 2 aliphatic carbocycles. The summed E-state index contributed by atoms with van der Waals surface area (Å²) in [7, 11) is 0. The van der Waals surface area contributed by atoms with Gasteiger partial charge in [-0.15, -0.1) is 0 Å². The van der Waals surface area contributed by atoms with E-state index in [4.69, 9.17) is 0 Å². The smallest absolute Gasteiger partial charge is 0.352 e. The van der Waals surface area contributed by atoms with Crippen LogP contribution >= 0.6 is 0 Å². The fourth-order valence-electron chi connectivity index (χ4n) is 4.74. The number of rotatable bonds is 3. The number of fused-ring (bicyclic) bond motifs is 1. The lowest BCUT2D eigenvalue weighted by molar-refractivity contribution is -0.137. The molecule has 2 aliphatic rings. The number of carbonyl (C=O) groups excluding carboxylic acids is 1. The second-order valence-electron chi connectivity index (χ2n) is 8.18. The first-order valence-electron chi connectivity index (χ1n) is 9.82. The molecule has 7 heteroatoms. The third kappa shape index (κ3) is 3.66. The number of carbonyl (C=O) groups is 1. The van der Waals surface area contributed by atoms with Gasteiger partial charge in [0, 0.05) is 12.0 Å². The number of nitrogens with zero attached hydrogens (tertiary/aromatic N) is 1. The van der Waals surface area contributed by atoms with E-state index in [2.05, 4.69) is 22.4 Å². The average molecular weight is 391 g/mol. The third-order valence-electron chi connectivity index (χ3n) is 6.13. The van der Waals surface area contributed by atoms with E-state index in [1.54, 1.807) is 18.3 Å². The second kappa shape index (κ2) is 7.26. The number of amides is 1. The average Bonchev–Trinajstić information content (AvgIpc) is 3.29. The summed E-state index contributed by atoms with van der Waals surface area (Å²) in [4.78, 5) is 13.0. The predicted molar refractivity (Wildman–Crippen MR) is 98.8 cm³/mol. The molecule has 2 N–H and O–H groups in total. The lowest BCUT2D eigenvalue weighted by Gasteiger charge is -2.29. The van der Waals surface area contributed by atoms with Gasteiger partial charge in [0.1, 0.15) is 0 Å². The van der Waals surface area contributed by atoms with E-state index >= 15 is 0 Å². The normalized spacial score (nSPS) is 27.4. The van der Waals surface area contributed by atoms with Gasteiger partial charge in [-0.05, 0) is 54.9 Å². The second-order valence-corrected chi connectivity index (χ2v) is 8.18. The first-order valence-corrected chi connectivity index (χ1v) is 9.82. The fraction of sp³-hybridized carbons (Fsp3) is 0.524. The van der Waals surface area contributed by atoms with Crippen molar-refractivity contribution in [3.05, 3.63) is 52.8 Å². The van der Waals surface area contributed by atoms with Gasteiger partial charge in [0.2, 0.25) is 5.91 Å². The van der Waals surface area contributed by atoms with Gasteiger partial charge in [-0.3, -0.25) is 9.89 Å². The van der Waals surface area contributed by atoms with E-state index in [1.807, 2.05) is 0 Å². The molecule has 4 atom stereocenters. The monoisotopic (exact) mass is 391 g/mol. The van der Waals surface area contributed by atoms with Crippen LogP contribution < -0.4 is 5.32 Å². The van der Waals surface area contributed by atoms with Gasteiger partial charge in [0.25, 0.3) is 0 Å². The summed E-state index contributed by atoms with van der Waals surface area (Å²) in [6.45, 7) is 2.14. The molecule has 4 rings (SSSR count). The first-order chi connectivity index (χ1) is 13.3. The molecule has 0 radical (unpaired) electrons.